The van der Waals surface area contributed by atoms with Gasteiger partial charge in [0.2, 0.25) is 0 Å². The summed E-state index contributed by atoms with van der Waals surface area (Å²) in [5, 5.41) is 3.82. The van der Waals surface area contributed by atoms with Gasteiger partial charge in [-0.25, -0.2) is 14.4 Å². The molecule has 0 bridgehead atoms. The summed E-state index contributed by atoms with van der Waals surface area (Å²) >= 11 is 1.41. The molecule has 0 fully saturated rings. The largest absolute Gasteiger partial charge is 0.466 e. The van der Waals surface area contributed by atoms with Crippen molar-refractivity contribution in [2.75, 3.05) is 19.7 Å². The molecule has 7 heteroatoms. The number of thiazole rings is 1. The Morgan fingerprint density at radius 3 is 2.63 bits per heavy atom. The highest BCUT2D eigenvalue weighted by Gasteiger charge is 2.39. The summed E-state index contributed by atoms with van der Waals surface area (Å²) in [4.78, 5) is 21.7. The highest BCUT2D eigenvalue weighted by atomic mass is 32.1. The highest BCUT2D eigenvalue weighted by Crippen LogP contribution is 2.45. The van der Waals surface area contributed by atoms with Gasteiger partial charge in [0.1, 0.15) is 21.2 Å². The lowest BCUT2D eigenvalue weighted by molar-refractivity contribution is -0.142. The molecular weight excluding hydrogens is 461 g/mol. The molecule has 5 rings (SSSR count). The number of fused-ring (bicyclic) bond motifs is 1. The first-order chi connectivity index (χ1) is 17.1. The van der Waals surface area contributed by atoms with Crippen LogP contribution in [-0.2, 0) is 21.4 Å². The molecule has 0 radical (unpaired) electrons. The van der Waals surface area contributed by atoms with Crippen LogP contribution < -0.4 is 5.32 Å². The summed E-state index contributed by atoms with van der Waals surface area (Å²) in [7, 11) is 0. The number of rotatable bonds is 10. The fraction of sp³-hybridized carbons (Fsp3) is 0.250. The van der Waals surface area contributed by atoms with Gasteiger partial charge in [-0.05, 0) is 55.3 Å². The third-order valence-electron chi connectivity index (χ3n) is 6.10. The van der Waals surface area contributed by atoms with E-state index >= 15 is 0 Å². The number of aromatic nitrogens is 2. The Morgan fingerprint density at radius 1 is 1.06 bits per heavy atom. The third-order valence-corrected chi connectivity index (χ3v) is 7.09. The number of pyridine rings is 1. The van der Waals surface area contributed by atoms with Crippen LogP contribution >= 0.6 is 11.3 Å². The second-order valence-electron chi connectivity index (χ2n) is 8.48. The Kier molecular flexibility index (Phi) is 6.70. The number of hydrogen-bond acceptors (Lipinski definition) is 6. The highest BCUT2D eigenvalue weighted by molar-refractivity contribution is 7.21. The van der Waals surface area contributed by atoms with Crippen molar-refractivity contribution in [2.45, 2.75) is 25.2 Å². The number of nitrogens with zero attached hydrogens (tertiary/aromatic N) is 2. The monoisotopic (exact) mass is 487 g/mol. The molecule has 1 N–H and O–H groups in total. The van der Waals surface area contributed by atoms with Gasteiger partial charge in [0.05, 0.1) is 24.1 Å². The maximum Gasteiger partial charge on any atom is 0.307 e. The lowest BCUT2D eigenvalue weighted by atomic mass is 9.89. The van der Waals surface area contributed by atoms with Gasteiger partial charge in [-0.1, -0.05) is 59.9 Å². The SMILES string of the molecule is CCOC(=O)CCNCCc1ccc(-c2nc3ccc(C4(c5ccccc5)C=C4)nc3s2)c(F)c1. The van der Waals surface area contributed by atoms with E-state index in [2.05, 4.69) is 34.6 Å². The predicted octanol–water partition coefficient (Wildman–Crippen LogP) is 5.44. The molecule has 0 saturated heterocycles. The molecule has 4 aromatic rings. The van der Waals surface area contributed by atoms with Crippen LogP contribution in [0.15, 0.2) is 72.8 Å². The van der Waals surface area contributed by atoms with Gasteiger partial charge in [0, 0.05) is 12.1 Å². The van der Waals surface area contributed by atoms with Crippen molar-refractivity contribution in [1.82, 2.24) is 15.3 Å². The molecule has 2 aromatic carbocycles. The van der Waals surface area contributed by atoms with Gasteiger partial charge in [0.15, 0.2) is 0 Å². The van der Waals surface area contributed by atoms with E-state index in [0.717, 1.165) is 21.6 Å². The van der Waals surface area contributed by atoms with Gasteiger partial charge >= 0.3 is 5.97 Å². The topological polar surface area (TPSA) is 64.1 Å². The Bertz CT molecular complexity index is 1380. The van der Waals surface area contributed by atoms with E-state index in [9.17, 15) is 9.18 Å². The Labute approximate surface area is 207 Å². The average molecular weight is 488 g/mol. The van der Waals surface area contributed by atoms with Gasteiger partial charge in [-0.15, -0.1) is 0 Å². The van der Waals surface area contributed by atoms with Gasteiger partial charge < -0.3 is 10.1 Å². The molecule has 2 heterocycles. The Morgan fingerprint density at radius 2 is 1.89 bits per heavy atom. The van der Waals surface area contributed by atoms with E-state index in [0.29, 0.717) is 43.1 Å². The van der Waals surface area contributed by atoms with Crippen molar-refractivity contribution < 1.29 is 13.9 Å². The summed E-state index contributed by atoms with van der Waals surface area (Å²) in [5.74, 6) is -0.505. The summed E-state index contributed by atoms with van der Waals surface area (Å²) in [5.41, 5.74) is 4.03. The zero-order chi connectivity index (χ0) is 24.3. The van der Waals surface area contributed by atoms with Crippen LogP contribution in [0.3, 0.4) is 0 Å². The van der Waals surface area contributed by atoms with Crippen molar-refractivity contribution in [3.63, 3.8) is 0 Å². The van der Waals surface area contributed by atoms with E-state index in [1.54, 1.807) is 19.1 Å². The number of carbonyl (C=O) groups excluding carboxylic acids is 1. The molecule has 0 unspecified atom stereocenters. The fourth-order valence-electron chi connectivity index (χ4n) is 4.14. The Hall–Kier alpha value is -3.42. The van der Waals surface area contributed by atoms with E-state index in [-0.39, 0.29) is 17.2 Å². The third kappa shape index (κ3) is 5.01. The lowest BCUT2D eigenvalue weighted by Gasteiger charge is -2.15. The molecule has 0 saturated carbocycles. The molecule has 5 nitrogen and oxygen atoms in total. The summed E-state index contributed by atoms with van der Waals surface area (Å²) in [6.07, 6.45) is 5.31. The van der Waals surface area contributed by atoms with Gasteiger partial charge in [-0.3, -0.25) is 4.79 Å². The molecule has 0 amide bonds. The van der Waals surface area contributed by atoms with Gasteiger partial charge in [-0.2, -0.15) is 0 Å². The van der Waals surface area contributed by atoms with Crippen LogP contribution in [0.25, 0.3) is 20.9 Å². The minimum Gasteiger partial charge on any atom is -0.466 e. The molecular formula is C28H26FN3O2S. The van der Waals surface area contributed by atoms with Crippen LogP contribution in [0.4, 0.5) is 4.39 Å². The fourth-order valence-corrected chi connectivity index (χ4v) is 5.10. The Balaban J connectivity index is 1.27. The zero-order valence-corrected chi connectivity index (χ0v) is 20.3. The molecule has 1 aliphatic carbocycles. The first kappa shape index (κ1) is 23.3. The molecule has 0 spiro atoms. The molecule has 0 aliphatic heterocycles. The minimum atomic E-state index is -0.294. The number of benzene rings is 2. The minimum absolute atomic E-state index is 0.212. The van der Waals surface area contributed by atoms with E-state index < -0.39 is 0 Å². The van der Waals surface area contributed by atoms with E-state index in [1.165, 1.54) is 16.9 Å². The van der Waals surface area contributed by atoms with Crippen molar-refractivity contribution in [3.05, 3.63) is 95.5 Å². The van der Waals surface area contributed by atoms with E-state index in [4.69, 9.17) is 9.72 Å². The number of carbonyl (C=O) groups is 1. The van der Waals surface area contributed by atoms with Crippen molar-refractivity contribution in [1.29, 1.82) is 0 Å². The average Bonchev–Trinajstić information content (AvgIpc) is 3.57. The van der Waals surface area contributed by atoms with Crippen LogP contribution in [0, 0.1) is 5.82 Å². The molecule has 1 aliphatic rings. The van der Waals surface area contributed by atoms with Gasteiger partial charge in [0.25, 0.3) is 0 Å². The molecule has 35 heavy (non-hydrogen) atoms. The quantitative estimate of drug-likeness (QED) is 0.183. The maximum absolute atomic E-state index is 15.0. The second kappa shape index (κ2) is 10.1. The van der Waals surface area contributed by atoms with Crippen molar-refractivity contribution in [2.24, 2.45) is 0 Å². The van der Waals surface area contributed by atoms with Crippen LogP contribution in [0.1, 0.15) is 30.2 Å². The van der Waals surface area contributed by atoms with Crippen LogP contribution in [0.2, 0.25) is 0 Å². The first-order valence-corrected chi connectivity index (χ1v) is 12.6. The zero-order valence-electron chi connectivity index (χ0n) is 19.5. The summed E-state index contributed by atoms with van der Waals surface area (Å²) < 4.78 is 19.9. The molecule has 2 aromatic heterocycles. The summed E-state index contributed by atoms with van der Waals surface area (Å²) in [6.45, 7) is 3.38. The van der Waals surface area contributed by atoms with Crippen LogP contribution in [0.5, 0.6) is 0 Å². The first-order valence-electron chi connectivity index (χ1n) is 11.8. The summed E-state index contributed by atoms with van der Waals surface area (Å²) in [6, 6.07) is 19.5. The number of halogens is 1. The normalized spacial score (nSPS) is 13.8. The number of hydrogen-bond donors (Lipinski definition) is 1. The molecule has 0 atom stereocenters. The lowest BCUT2D eigenvalue weighted by Crippen LogP contribution is -2.21. The smallest absolute Gasteiger partial charge is 0.307 e. The van der Waals surface area contributed by atoms with Crippen LogP contribution in [-0.4, -0.2) is 35.6 Å². The predicted molar refractivity (Wildman–Crippen MR) is 137 cm³/mol. The second-order valence-corrected chi connectivity index (χ2v) is 9.45. The van der Waals surface area contributed by atoms with E-state index in [1.807, 2.05) is 36.4 Å². The van der Waals surface area contributed by atoms with Crippen molar-refractivity contribution >= 4 is 27.7 Å². The number of nitrogens with one attached hydrogen (secondary N) is 1. The standard InChI is InChI=1S/C28H26FN3O2S/c1-2-34-25(33)13-17-30-16-12-19-8-9-21(22(29)18-19)26-31-23-10-11-24(32-27(23)35-26)28(14-15-28)20-6-4-3-5-7-20/h3-11,14-15,18,30H,2,12-13,16-17H2,1H3. The number of allylic oxidation sites excluding steroid dienone is 2. The maximum atomic E-state index is 15.0. The number of esters is 1. The number of ether oxygens (including phenoxy) is 1. The molecule has 178 valence electrons. The van der Waals surface area contributed by atoms with Crippen molar-refractivity contribution in [3.8, 4) is 10.6 Å².